The molecule has 2 aromatic rings. The van der Waals surface area contributed by atoms with E-state index in [0.29, 0.717) is 12.2 Å². The summed E-state index contributed by atoms with van der Waals surface area (Å²) in [4.78, 5) is 25.5. The Balaban J connectivity index is 1.56. The fraction of sp³-hybridized carbons (Fsp3) is 0.364. The molecule has 164 valence electrons. The van der Waals surface area contributed by atoms with Crippen LogP contribution < -0.4 is 14.9 Å². The first-order valence-electron chi connectivity index (χ1n) is 10.3. The molecule has 1 fully saturated rings. The van der Waals surface area contributed by atoms with Crippen molar-refractivity contribution in [3.8, 4) is 0 Å². The van der Waals surface area contributed by atoms with Crippen LogP contribution in [0.3, 0.4) is 0 Å². The molecule has 2 aromatic carbocycles. The molecule has 2 N–H and O–H groups in total. The smallest absolute Gasteiger partial charge is 0.261 e. The Bertz CT molecular complexity index is 1140. The lowest BCUT2D eigenvalue weighted by Crippen LogP contribution is -2.33. The number of benzene rings is 2. The lowest BCUT2D eigenvalue weighted by molar-refractivity contribution is -0.122. The standard InChI is InChI=1S/C22H24FN3O4S/c1-14(27)24-20-9-8-18(13-19(20)23)31(29,30)25-17-7-6-15-10-11-26(21(15)12-17)22(28)16-4-2-3-5-16/h6-9,12-13,16,25H,2-5,10-11H2,1H3,(H,24,27). The second kappa shape index (κ2) is 8.30. The number of carbonyl (C=O) groups is 2. The third-order valence-corrected chi connectivity index (χ3v) is 7.14. The molecule has 2 aliphatic rings. The van der Waals surface area contributed by atoms with Crippen LogP contribution in [0.2, 0.25) is 0 Å². The van der Waals surface area contributed by atoms with E-state index < -0.39 is 21.7 Å². The normalized spacial score (nSPS) is 16.3. The summed E-state index contributed by atoms with van der Waals surface area (Å²) in [5.41, 5.74) is 1.94. The molecule has 0 bridgehead atoms. The van der Waals surface area contributed by atoms with E-state index in [1.807, 2.05) is 6.07 Å². The summed E-state index contributed by atoms with van der Waals surface area (Å²) in [5, 5.41) is 2.30. The van der Waals surface area contributed by atoms with Crippen molar-refractivity contribution in [3.05, 3.63) is 47.8 Å². The van der Waals surface area contributed by atoms with Crippen LogP contribution in [-0.2, 0) is 26.0 Å². The van der Waals surface area contributed by atoms with Crippen molar-refractivity contribution in [2.45, 2.75) is 43.9 Å². The first kappa shape index (κ1) is 21.3. The van der Waals surface area contributed by atoms with Crippen LogP contribution >= 0.6 is 0 Å². The number of hydrogen-bond donors (Lipinski definition) is 2. The summed E-state index contributed by atoms with van der Waals surface area (Å²) in [6, 6.07) is 8.40. The van der Waals surface area contributed by atoms with E-state index in [4.69, 9.17) is 0 Å². The molecular formula is C22H24FN3O4S. The summed E-state index contributed by atoms with van der Waals surface area (Å²) in [6.45, 7) is 1.83. The molecule has 0 unspecified atom stereocenters. The van der Waals surface area contributed by atoms with Gasteiger partial charge in [0, 0.05) is 25.1 Å². The van der Waals surface area contributed by atoms with Gasteiger partial charge in [-0.1, -0.05) is 18.9 Å². The molecule has 0 spiro atoms. The molecule has 1 aliphatic carbocycles. The Hall–Kier alpha value is -2.94. The van der Waals surface area contributed by atoms with Gasteiger partial charge in [-0.05, 0) is 55.2 Å². The number of halogens is 1. The number of anilines is 3. The van der Waals surface area contributed by atoms with Crippen molar-refractivity contribution in [2.75, 3.05) is 21.5 Å². The van der Waals surface area contributed by atoms with Crippen LogP contribution in [0, 0.1) is 11.7 Å². The minimum atomic E-state index is -4.06. The average molecular weight is 446 g/mol. The monoisotopic (exact) mass is 445 g/mol. The molecule has 1 heterocycles. The lowest BCUT2D eigenvalue weighted by Gasteiger charge is -2.22. The summed E-state index contributed by atoms with van der Waals surface area (Å²) >= 11 is 0. The molecule has 2 amide bonds. The van der Waals surface area contributed by atoms with Crippen LogP contribution in [0.5, 0.6) is 0 Å². The van der Waals surface area contributed by atoms with Gasteiger partial charge in [-0.25, -0.2) is 12.8 Å². The quantitative estimate of drug-likeness (QED) is 0.734. The molecule has 1 saturated carbocycles. The zero-order valence-corrected chi connectivity index (χ0v) is 18.0. The van der Waals surface area contributed by atoms with Crippen molar-refractivity contribution < 1.29 is 22.4 Å². The second-order valence-corrected chi connectivity index (χ2v) is 9.68. The van der Waals surface area contributed by atoms with Gasteiger partial charge in [0.2, 0.25) is 11.8 Å². The van der Waals surface area contributed by atoms with Crippen LogP contribution in [0.25, 0.3) is 0 Å². The van der Waals surface area contributed by atoms with Gasteiger partial charge in [0.15, 0.2) is 0 Å². The average Bonchev–Trinajstić information content (AvgIpc) is 3.38. The van der Waals surface area contributed by atoms with Crippen LogP contribution in [0.15, 0.2) is 41.3 Å². The van der Waals surface area contributed by atoms with Crippen LogP contribution in [0.1, 0.15) is 38.2 Å². The van der Waals surface area contributed by atoms with Gasteiger partial charge in [0.1, 0.15) is 5.82 Å². The largest absolute Gasteiger partial charge is 0.324 e. The topological polar surface area (TPSA) is 95.6 Å². The predicted octanol–water partition coefficient (Wildman–Crippen LogP) is 3.66. The van der Waals surface area contributed by atoms with Gasteiger partial charge in [-0.15, -0.1) is 0 Å². The maximum atomic E-state index is 14.2. The van der Waals surface area contributed by atoms with E-state index in [0.717, 1.165) is 49.4 Å². The van der Waals surface area contributed by atoms with E-state index in [1.54, 1.807) is 17.0 Å². The number of rotatable bonds is 5. The third kappa shape index (κ3) is 4.41. The van der Waals surface area contributed by atoms with E-state index in [2.05, 4.69) is 10.0 Å². The molecule has 0 aromatic heterocycles. The van der Waals surface area contributed by atoms with Gasteiger partial charge in [0.05, 0.1) is 16.3 Å². The molecule has 1 aliphatic heterocycles. The second-order valence-electron chi connectivity index (χ2n) is 7.99. The molecule has 7 nitrogen and oxygen atoms in total. The Labute approximate surface area is 180 Å². The van der Waals surface area contributed by atoms with E-state index in [1.165, 1.54) is 19.1 Å². The van der Waals surface area contributed by atoms with Crippen LogP contribution in [0.4, 0.5) is 21.5 Å². The highest BCUT2D eigenvalue weighted by atomic mass is 32.2. The number of carbonyl (C=O) groups excluding carboxylic acids is 2. The van der Waals surface area contributed by atoms with Crippen molar-refractivity contribution in [2.24, 2.45) is 5.92 Å². The van der Waals surface area contributed by atoms with E-state index in [9.17, 15) is 22.4 Å². The molecule has 0 atom stereocenters. The van der Waals surface area contributed by atoms with Crippen molar-refractivity contribution in [3.63, 3.8) is 0 Å². The first-order chi connectivity index (χ1) is 14.7. The van der Waals surface area contributed by atoms with Gasteiger partial charge >= 0.3 is 0 Å². The summed E-state index contributed by atoms with van der Waals surface area (Å²) < 4.78 is 42.2. The van der Waals surface area contributed by atoms with E-state index >= 15 is 0 Å². The molecule has 0 radical (unpaired) electrons. The predicted molar refractivity (Wildman–Crippen MR) is 116 cm³/mol. The Morgan fingerprint density at radius 1 is 1.10 bits per heavy atom. The number of hydrogen-bond acceptors (Lipinski definition) is 4. The van der Waals surface area contributed by atoms with Crippen molar-refractivity contribution >= 4 is 38.9 Å². The Morgan fingerprint density at radius 2 is 1.84 bits per heavy atom. The lowest BCUT2D eigenvalue weighted by atomic mass is 10.1. The van der Waals surface area contributed by atoms with Crippen molar-refractivity contribution in [1.29, 1.82) is 0 Å². The van der Waals surface area contributed by atoms with Gasteiger partial charge in [-0.2, -0.15) is 0 Å². The van der Waals surface area contributed by atoms with E-state index in [-0.39, 0.29) is 22.4 Å². The zero-order chi connectivity index (χ0) is 22.2. The SMILES string of the molecule is CC(=O)Nc1ccc(S(=O)(=O)Nc2ccc3c(c2)N(C(=O)C2CCCC2)CC3)cc1F. The number of nitrogens with zero attached hydrogens (tertiary/aromatic N) is 1. The van der Waals surface area contributed by atoms with Crippen molar-refractivity contribution in [1.82, 2.24) is 0 Å². The highest BCUT2D eigenvalue weighted by Gasteiger charge is 2.32. The van der Waals surface area contributed by atoms with Crippen LogP contribution in [-0.4, -0.2) is 26.8 Å². The fourth-order valence-corrected chi connectivity index (χ4v) is 5.29. The Morgan fingerprint density at radius 3 is 2.52 bits per heavy atom. The van der Waals surface area contributed by atoms with Gasteiger partial charge < -0.3 is 10.2 Å². The number of sulfonamides is 1. The molecule has 4 rings (SSSR count). The number of fused-ring (bicyclic) bond motifs is 1. The Kier molecular flexibility index (Phi) is 5.70. The molecule has 31 heavy (non-hydrogen) atoms. The summed E-state index contributed by atoms with van der Waals surface area (Å²) in [6.07, 6.45) is 4.66. The number of amides is 2. The minimum absolute atomic E-state index is 0.0383. The maximum Gasteiger partial charge on any atom is 0.261 e. The highest BCUT2D eigenvalue weighted by molar-refractivity contribution is 7.92. The molecular weight excluding hydrogens is 421 g/mol. The summed E-state index contributed by atoms with van der Waals surface area (Å²) in [5.74, 6) is -1.16. The maximum absolute atomic E-state index is 14.2. The number of nitrogens with one attached hydrogen (secondary N) is 2. The molecule has 0 saturated heterocycles. The highest BCUT2D eigenvalue weighted by Crippen LogP contribution is 2.35. The molecule has 9 heteroatoms. The summed E-state index contributed by atoms with van der Waals surface area (Å²) in [7, 11) is -4.06. The fourth-order valence-electron chi connectivity index (χ4n) is 4.23. The zero-order valence-electron chi connectivity index (χ0n) is 17.2. The van der Waals surface area contributed by atoms with Gasteiger partial charge in [0.25, 0.3) is 10.0 Å². The minimum Gasteiger partial charge on any atom is -0.324 e. The van der Waals surface area contributed by atoms with Gasteiger partial charge in [-0.3, -0.25) is 14.3 Å². The third-order valence-electron chi connectivity index (χ3n) is 5.77. The first-order valence-corrected chi connectivity index (χ1v) is 11.8.